The molecule has 0 amide bonds. The second-order valence-corrected chi connectivity index (χ2v) is 6.85. The Kier molecular flexibility index (Phi) is 38.3. The molecule has 10 nitrogen and oxygen atoms in total. The summed E-state index contributed by atoms with van der Waals surface area (Å²) < 4.78 is 17.9. The van der Waals surface area contributed by atoms with Crippen LogP contribution in [-0.2, 0) is 42.9 Å². The third-order valence-corrected chi connectivity index (χ3v) is 3.27. The summed E-state index contributed by atoms with van der Waals surface area (Å²) in [5.41, 5.74) is 0.811. The molecule has 0 unspecified atom stereocenters. The first-order valence-corrected chi connectivity index (χ1v) is 11.7. The lowest BCUT2D eigenvalue weighted by Gasteiger charge is -2.06. The van der Waals surface area contributed by atoms with Crippen LogP contribution in [0.5, 0.6) is 0 Å². The van der Waals surface area contributed by atoms with Gasteiger partial charge >= 0.3 is 29.8 Å². The van der Waals surface area contributed by atoms with Gasteiger partial charge in [0.05, 0.1) is 26.9 Å². The maximum absolute atomic E-state index is 11.0. The fraction of sp³-hybridized carbons (Fsp3) is 0.464. The van der Waals surface area contributed by atoms with E-state index in [1.165, 1.54) is 7.11 Å². The summed E-state index contributed by atoms with van der Waals surface area (Å²) in [6.45, 7) is 28.9. The molecule has 0 radical (unpaired) electrons. The van der Waals surface area contributed by atoms with Gasteiger partial charge in [0.25, 0.3) is 0 Å². The van der Waals surface area contributed by atoms with Gasteiger partial charge in [-0.05, 0) is 32.6 Å². The van der Waals surface area contributed by atoms with Crippen LogP contribution in [0, 0.1) is 5.92 Å². The van der Waals surface area contributed by atoms with E-state index in [2.05, 4.69) is 47.1 Å². The van der Waals surface area contributed by atoms with Gasteiger partial charge in [0, 0.05) is 29.4 Å². The Balaban J connectivity index is -0.000000122. The molecule has 1 N–H and O–H groups in total. The molecule has 0 heterocycles. The highest BCUT2D eigenvalue weighted by Crippen LogP contribution is 2.01. The van der Waals surface area contributed by atoms with E-state index in [0.717, 1.165) is 18.2 Å². The van der Waals surface area contributed by atoms with Crippen molar-refractivity contribution in [1.29, 1.82) is 0 Å². The summed E-state index contributed by atoms with van der Waals surface area (Å²) in [4.78, 5) is 50.8. The minimum atomic E-state index is -0.900. The van der Waals surface area contributed by atoms with E-state index in [9.17, 15) is 24.0 Å². The molecule has 0 fully saturated rings. The predicted molar refractivity (Wildman–Crippen MR) is 148 cm³/mol. The Hall–Kier alpha value is -3.95. The highest BCUT2D eigenvalue weighted by atomic mass is 16.5. The van der Waals surface area contributed by atoms with Crippen LogP contribution in [-0.4, -0.2) is 61.9 Å². The van der Waals surface area contributed by atoms with E-state index in [0.29, 0.717) is 44.2 Å². The number of ether oxygens (including phenoxy) is 4. The van der Waals surface area contributed by atoms with Crippen molar-refractivity contribution in [2.24, 2.45) is 5.92 Å². The molecule has 0 aliphatic carbocycles. The van der Waals surface area contributed by atoms with Gasteiger partial charge in [-0.2, -0.15) is 0 Å². The minimum Gasteiger partial charge on any atom is -0.478 e. The fourth-order valence-corrected chi connectivity index (χ4v) is 1.13. The Morgan fingerprint density at radius 1 is 0.711 bits per heavy atom. The van der Waals surface area contributed by atoms with Crippen molar-refractivity contribution >= 4 is 29.8 Å². The highest BCUT2D eigenvalue weighted by Gasteiger charge is 2.06. The monoisotopic (exact) mass is 542 g/mol. The number of carbonyl (C=O) groups excluding carboxylic acids is 4. The molecule has 0 aromatic carbocycles. The number of esters is 4. The average molecular weight is 543 g/mol. The number of hydrogen-bond donors (Lipinski definition) is 1. The Morgan fingerprint density at radius 3 is 1.21 bits per heavy atom. The van der Waals surface area contributed by atoms with Gasteiger partial charge in [-0.25, -0.2) is 24.0 Å². The van der Waals surface area contributed by atoms with Crippen molar-refractivity contribution in [2.75, 3.05) is 26.9 Å². The summed E-state index contributed by atoms with van der Waals surface area (Å²) in [6, 6.07) is 0. The number of carboxylic acid groups (broad SMARTS) is 1. The van der Waals surface area contributed by atoms with E-state index >= 15 is 0 Å². The van der Waals surface area contributed by atoms with Gasteiger partial charge in [-0.1, -0.05) is 60.6 Å². The van der Waals surface area contributed by atoms with E-state index in [1.807, 2.05) is 20.8 Å². The standard InChI is InChI=1S/C9H16O2.3C5H8O2.C4H6O2/c1-5-8(4)9(10)11-6-7(2)3;2*1-3-5(6)7-4-2;1-3-4(2)5(6)7;1-3-4(5)6-2/h7H,4-6H2,1-3H3;2*3H,1,4H2,2H3;2-3H2,1H3,(H,6,7);3H,1H2,2H3. The minimum absolute atomic E-state index is 0.263. The summed E-state index contributed by atoms with van der Waals surface area (Å²) in [6.07, 6.45) is 4.58. The number of carboxylic acids is 1. The van der Waals surface area contributed by atoms with Crippen LogP contribution < -0.4 is 0 Å². The van der Waals surface area contributed by atoms with Gasteiger partial charge < -0.3 is 24.1 Å². The van der Waals surface area contributed by atoms with Crippen LogP contribution in [0.3, 0.4) is 0 Å². The zero-order valence-corrected chi connectivity index (χ0v) is 24.0. The van der Waals surface area contributed by atoms with E-state index in [-0.39, 0.29) is 23.5 Å². The molecular weight excluding hydrogens is 496 g/mol. The number of hydrogen-bond acceptors (Lipinski definition) is 9. The molecule has 0 saturated carbocycles. The number of carbonyl (C=O) groups is 5. The number of methoxy groups -OCH3 is 1. The van der Waals surface area contributed by atoms with Crippen molar-refractivity contribution in [1.82, 2.24) is 0 Å². The quantitative estimate of drug-likeness (QED) is 0.215. The number of aliphatic carboxylic acids is 1. The molecule has 0 spiro atoms. The molecule has 0 aliphatic rings. The molecule has 0 aliphatic heterocycles. The Bertz CT molecular complexity index is 724. The van der Waals surface area contributed by atoms with Crippen molar-refractivity contribution in [3.63, 3.8) is 0 Å². The lowest BCUT2D eigenvalue weighted by Crippen LogP contribution is -2.10. The molecule has 0 aromatic heterocycles. The second kappa shape index (κ2) is 33.0. The van der Waals surface area contributed by atoms with Crippen LogP contribution in [0.4, 0.5) is 0 Å². The molecule has 0 saturated heterocycles. The molecular formula is C28H46O10. The fourth-order valence-electron chi connectivity index (χ4n) is 1.13. The first kappa shape index (κ1) is 44.1. The largest absolute Gasteiger partial charge is 0.478 e. The Labute approximate surface area is 227 Å². The van der Waals surface area contributed by atoms with Crippen molar-refractivity contribution < 1.29 is 48.0 Å². The van der Waals surface area contributed by atoms with Crippen molar-refractivity contribution in [2.45, 2.75) is 54.4 Å². The Morgan fingerprint density at radius 2 is 1.08 bits per heavy atom. The van der Waals surface area contributed by atoms with Crippen LogP contribution in [0.1, 0.15) is 54.4 Å². The molecule has 0 bridgehead atoms. The third-order valence-electron chi connectivity index (χ3n) is 3.27. The molecule has 38 heavy (non-hydrogen) atoms. The van der Waals surface area contributed by atoms with Crippen molar-refractivity contribution in [3.05, 3.63) is 62.3 Å². The van der Waals surface area contributed by atoms with Gasteiger partial charge in [0.15, 0.2) is 0 Å². The van der Waals surface area contributed by atoms with Crippen LogP contribution in [0.15, 0.2) is 62.3 Å². The second-order valence-electron chi connectivity index (χ2n) is 6.85. The van der Waals surface area contributed by atoms with Gasteiger partial charge in [0.1, 0.15) is 0 Å². The first-order chi connectivity index (χ1) is 17.7. The first-order valence-electron chi connectivity index (χ1n) is 11.7. The van der Waals surface area contributed by atoms with Gasteiger partial charge in [0.2, 0.25) is 0 Å². The van der Waals surface area contributed by atoms with Crippen LogP contribution in [0.25, 0.3) is 0 Å². The molecule has 0 atom stereocenters. The smallest absolute Gasteiger partial charge is 0.333 e. The SMILES string of the molecule is C=C(CC)C(=O)O.C=C(CC)C(=O)OCC(C)C.C=CC(=O)OC.C=CC(=O)OCC.C=CC(=O)OCC. The maximum Gasteiger partial charge on any atom is 0.333 e. The molecule has 218 valence electrons. The third kappa shape index (κ3) is 42.2. The van der Waals surface area contributed by atoms with Crippen LogP contribution >= 0.6 is 0 Å². The maximum atomic E-state index is 11.0. The topological polar surface area (TPSA) is 142 Å². The van der Waals surface area contributed by atoms with Crippen LogP contribution in [0.2, 0.25) is 0 Å². The summed E-state index contributed by atoms with van der Waals surface area (Å²) in [5.74, 6) is -1.88. The predicted octanol–water partition coefficient (Wildman–Crippen LogP) is 5.01. The lowest BCUT2D eigenvalue weighted by atomic mass is 10.2. The molecule has 0 aromatic rings. The summed E-state index contributed by atoms with van der Waals surface area (Å²) in [7, 11) is 1.31. The zero-order chi connectivity index (χ0) is 31.1. The summed E-state index contributed by atoms with van der Waals surface area (Å²) in [5, 5.41) is 8.08. The van der Waals surface area contributed by atoms with Gasteiger partial charge in [-0.15, -0.1) is 0 Å². The lowest BCUT2D eigenvalue weighted by molar-refractivity contribution is -0.140. The van der Waals surface area contributed by atoms with E-state index in [4.69, 9.17) is 9.84 Å². The molecule has 10 heteroatoms. The summed E-state index contributed by atoms with van der Waals surface area (Å²) >= 11 is 0. The van der Waals surface area contributed by atoms with E-state index in [1.54, 1.807) is 20.8 Å². The normalized spacial score (nSPS) is 8.21. The van der Waals surface area contributed by atoms with E-state index < -0.39 is 11.9 Å². The highest BCUT2D eigenvalue weighted by molar-refractivity contribution is 5.87. The zero-order valence-electron chi connectivity index (χ0n) is 24.0. The van der Waals surface area contributed by atoms with Gasteiger partial charge in [-0.3, -0.25) is 0 Å². The van der Waals surface area contributed by atoms with Crippen molar-refractivity contribution in [3.8, 4) is 0 Å². The average Bonchev–Trinajstić information content (AvgIpc) is 2.91. The number of rotatable bonds is 11. The molecule has 0 rings (SSSR count).